The van der Waals surface area contributed by atoms with Gasteiger partial charge in [-0.2, -0.15) is 0 Å². The van der Waals surface area contributed by atoms with Gasteiger partial charge in [-0.3, -0.25) is 4.79 Å². The highest BCUT2D eigenvalue weighted by molar-refractivity contribution is 7.97. The Hall–Kier alpha value is -4.20. The van der Waals surface area contributed by atoms with Gasteiger partial charge in [0.15, 0.2) is 5.78 Å². The van der Waals surface area contributed by atoms with Crippen LogP contribution < -0.4 is 9.30 Å². The third-order valence-electron chi connectivity index (χ3n) is 7.66. The minimum Gasteiger partial charge on any atom is -0.457 e. The van der Waals surface area contributed by atoms with E-state index < -0.39 is 9.80 Å². The van der Waals surface area contributed by atoms with Crippen molar-refractivity contribution in [2.24, 2.45) is 0 Å². The van der Waals surface area contributed by atoms with E-state index in [0.29, 0.717) is 12.3 Å². The third kappa shape index (κ3) is 6.48. The lowest BCUT2D eigenvalue weighted by atomic mass is 9.77. The Morgan fingerprint density at radius 1 is 0.929 bits per heavy atom. The molecule has 1 N–H and O–H groups in total. The number of allylic oxidation sites excluding steroid dienone is 4. The number of aromatic nitrogens is 2. The van der Waals surface area contributed by atoms with E-state index >= 15 is 0 Å². The van der Waals surface area contributed by atoms with Crippen molar-refractivity contribution in [3.05, 3.63) is 133 Å². The average molecular weight is 582 g/mol. The first-order valence-corrected chi connectivity index (χ1v) is 15.7. The summed E-state index contributed by atoms with van der Waals surface area (Å²) in [4.78, 5) is 11.9. The summed E-state index contributed by atoms with van der Waals surface area (Å²) in [5, 5.41) is 0. The van der Waals surface area contributed by atoms with Crippen LogP contribution in [0.2, 0.25) is 0 Å². The van der Waals surface area contributed by atoms with Gasteiger partial charge in [-0.15, -0.1) is 0 Å². The molecule has 0 aliphatic heterocycles. The van der Waals surface area contributed by atoms with Crippen molar-refractivity contribution in [2.45, 2.75) is 57.0 Å². The van der Waals surface area contributed by atoms with E-state index in [-0.39, 0.29) is 21.0 Å². The topological polar surface area (TPSA) is 72.4 Å². The van der Waals surface area contributed by atoms with Crippen LogP contribution in [0, 0.1) is 0 Å². The maximum Gasteiger partial charge on any atom is 0.244 e. The summed E-state index contributed by atoms with van der Waals surface area (Å²) in [5.41, 5.74) is 3.24. The smallest absolute Gasteiger partial charge is 0.244 e. The molecule has 216 valence electrons. The van der Waals surface area contributed by atoms with Crippen LogP contribution in [0.3, 0.4) is 0 Å². The number of hydrogen-bond donors (Lipinski definition) is 1. The second kappa shape index (κ2) is 12.3. The normalized spacial score (nSPS) is 14.7. The molecular weight excluding hydrogens is 544 g/mol. The Bertz CT molecular complexity index is 1740. The molecule has 0 radical (unpaired) electrons. The van der Waals surface area contributed by atoms with E-state index in [1.165, 1.54) is 35.4 Å². The van der Waals surface area contributed by atoms with Crippen LogP contribution in [0.25, 0.3) is 0 Å². The number of imidazole rings is 1. The van der Waals surface area contributed by atoms with Crippen molar-refractivity contribution in [1.29, 1.82) is 0 Å². The van der Waals surface area contributed by atoms with E-state index in [1.807, 2.05) is 12.1 Å². The second-order valence-electron chi connectivity index (χ2n) is 11.1. The highest BCUT2D eigenvalue weighted by Gasteiger charge is 2.25. The number of aryl methyl sites for hydroxylation is 1. The first-order chi connectivity index (χ1) is 20.2. The Morgan fingerprint density at radius 2 is 1.64 bits per heavy atom. The lowest BCUT2D eigenvalue weighted by Gasteiger charge is -2.27. The molecule has 0 saturated carbocycles. The molecule has 0 saturated heterocycles. The SMILES string of the molecule is CCCCn1cc[n+](Cc2cc(C(C)(C)c3ccccc3)ccc2Oc2ccc(S(=O)(O)=C3C=CC(=O)C=C3)cc2)c1. The molecule has 0 bridgehead atoms. The number of nitrogens with zero attached hydrogens (tertiary/aromatic N) is 2. The fourth-order valence-electron chi connectivity index (χ4n) is 4.99. The van der Waals surface area contributed by atoms with Gasteiger partial charge in [-0.1, -0.05) is 63.6 Å². The molecule has 7 heteroatoms. The fraction of sp³-hybridized carbons (Fsp3) is 0.229. The van der Waals surface area contributed by atoms with Gasteiger partial charge in [-0.25, -0.2) is 13.3 Å². The van der Waals surface area contributed by atoms with Crippen molar-refractivity contribution in [1.82, 2.24) is 4.57 Å². The number of carbonyl (C=O) groups is 1. The summed E-state index contributed by atoms with van der Waals surface area (Å²) in [6.07, 6.45) is 14.0. The van der Waals surface area contributed by atoms with Gasteiger partial charge in [-0.05, 0) is 78.3 Å². The van der Waals surface area contributed by atoms with Crippen LogP contribution in [0.1, 0.15) is 50.3 Å². The molecule has 1 atom stereocenters. The molecule has 3 aromatic carbocycles. The van der Waals surface area contributed by atoms with Gasteiger partial charge in [0.25, 0.3) is 0 Å². The van der Waals surface area contributed by atoms with Gasteiger partial charge in [0.1, 0.15) is 40.2 Å². The van der Waals surface area contributed by atoms with Gasteiger partial charge >= 0.3 is 0 Å². The monoisotopic (exact) mass is 581 g/mol. The summed E-state index contributed by atoms with van der Waals surface area (Å²) in [6.45, 7) is 8.26. The highest BCUT2D eigenvalue weighted by atomic mass is 32.2. The van der Waals surface area contributed by atoms with E-state index in [1.54, 1.807) is 24.3 Å². The summed E-state index contributed by atoms with van der Waals surface area (Å²) in [6, 6.07) is 23.4. The molecule has 5 rings (SSSR count). The van der Waals surface area contributed by atoms with Crippen LogP contribution in [0.5, 0.6) is 11.5 Å². The van der Waals surface area contributed by atoms with Gasteiger partial charge in [0.2, 0.25) is 6.33 Å². The standard InChI is InChI=1S/C35H36N2O4S/c1-4-5-21-36-22-23-37(26-36)25-27-24-29(35(2,3)28-9-7-6-8-10-28)11-20-34(27)41-31-14-18-33(19-15-31)42(39,40)32-16-12-30(38)13-17-32/h6-20,22-24,26H,4-5,21,25H2,1-3H3/p+1. The zero-order valence-electron chi connectivity index (χ0n) is 24.3. The first-order valence-electron chi connectivity index (χ1n) is 14.2. The number of hydrogen-bond acceptors (Lipinski definition) is 3. The largest absolute Gasteiger partial charge is 0.457 e. The first kappa shape index (κ1) is 29.3. The predicted octanol–water partition coefficient (Wildman–Crippen LogP) is 6.73. The van der Waals surface area contributed by atoms with Crippen molar-refractivity contribution in [3.63, 3.8) is 0 Å². The Labute approximate surface area is 248 Å². The number of unbranched alkanes of at least 4 members (excludes halogenated alkanes) is 1. The predicted molar refractivity (Wildman–Crippen MR) is 167 cm³/mol. The molecule has 4 aromatic rings. The third-order valence-corrected chi connectivity index (χ3v) is 9.48. The van der Waals surface area contributed by atoms with Crippen molar-refractivity contribution in [3.8, 4) is 11.5 Å². The van der Waals surface area contributed by atoms with Crippen LogP contribution in [-0.2, 0) is 33.1 Å². The minimum absolute atomic E-state index is 0.192. The molecular formula is C35H37N2O4S+. The van der Waals surface area contributed by atoms with Gasteiger partial charge in [0.05, 0.1) is 16.3 Å². The Kier molecular flexibility index (Phi) is 8.61. The molecule has 0 amide bonds. The molecule has 0 spiro atoms. The molecule has 1 heterocycles. The lowest BCUT2D eigenvalue weighted by molar-refractivity contribution is -0.687. The number of ether oxygens (including phenoxy) is 1. The number of carbonyl (C=O) groups excluding carboxylic acids is 1. The molecule has 1 unspecified atom stereocenters. The average Bonchev–Trinajstić information content (AvgIpc) is 3.45. The highest BCUT2D eigenvalue weighted by Crippen LogP contribution is 2.35. The molecule has 1 aromatic heterocycles. The quantitative estimate of drug-likeness (QED) is 0.167. The van der Waals surface area contributed by atoms with Crippen molar-refractivity contribution >= 4 is 20.5 Å². The second-order valence-corrected chi connectivity index (χ2v) is 13.1. The Balaban J connectivity index is 1.46. The summed E-state index contributed by atoms with van der Waals surface area (Å²) in [7, 11) is -3.50. The van der Waals surface area contributed by atoms with Gasteiger partial charge < -0.3 is 9.29 Å². The summed E-state index contributed by atoms with van der Waals surface area (Å²) >= 11 is 0. The van der Waals surface area contributed by atoms with E-state index in [9.17, 15) is 13.6 Å². The fourth-order valence-corrected chi connectivity index (χ4v) is 6.28. The Morgan fingerprint density at radius 3 is 2.33 bits per heavy atom. The maximum absolute atomic E-state index is 13.2. The van der Waals surface area contributed by atoms with E-state index in [2.05, 4.69) is 85.0 Å². The van der Waals surface area contributed by atoms with Crippen molar-refractivity contribution in [2.75, 3.05) is 0 Å². The van der Waals surface area contributed by atoms with Crippen LogP contribution in [-0.4, -0.2) is 24.0 Å². The summed E-state index contributed by atoms with van der Waals surface area (Å²) in [5.74, 6) is 1.08. The van der Waals surface area contributed by atoms with Gasteiger partial charge in [0, 0.05) is 11.0 Å². The van der Waals surface area contributed by atoms with Crippen LogP contribution in [0.15, 0.2) is 121 Å². The molecule has 42 heavy (non-hydrogen) atoms. The molecule has 0 fully saturated rings. The zero-order chi connectivity index (χ0) is 29.7. The number of benzene rings is 3. The van der Waals surface area contributed by atoms with E-state index in [0.717, 1.165) is 30.7 Å². The number of rotatable bonds is 10. The van der Waals surface area contributed by atoms with Crippen molar-refractivity contribution < 1.29 is 22.9 Å². The summed E-state index contributed by atoms with van der Waals surface area (Å²) < 4.78 is 34.7. The number of ketones is 1. The van der Waals surface area contributed by atoms with Crippen LogP contribution >= 0.6 is 0 Å². The maximum atomic E-state index is 13.2. The zero-order valence-corrected chi connectivity index (χ0v) is 25.1. The van der Waals surface area contributed by atoms with E-state index in [4.69, 9.17) is 4.74 Å². The van der Waals surface area contributed by atoms with Crippen LogP contribution in [0.4, 0.5) is 0 Å². The molecule has 6 nitrogen and oxygen atoms in total. The minimum atomic E-state index is -3.50. The molecule has 1 aliphatic rings. The molecule has 1 aliphatic carbocycles. The lowest BCUT2D eigenvalue weighted by Crippen LogP contribution is -2.32.